The third-order valence-electron chi connectivity index (χ3n) is 2.52. The van der Waals surface area contributed by atoms with Crippen LogP contribution in [0.3, 0.4) is 0 Å². The molecule has 0 aliphatic rings. The summed E-state index contributed by atoms with van der Waals surface area (Å²) in [4.78, 5) is 21.4. The first-order chi connectivity index (χ1) is 9.15. The molecule has 1 N–H and O–H groups in total. The molecule has 0 aromatic heterocycles. The highest BCUT2D eigenvalue weighted by Gasteiger charge is 2.03. The number of carboxylic acids is 1. The first kappa shape index (κ1) is 12.9. The number of benzene rings is 2. The predicted octanol–water partition coefficient (Wildman–Crippen LogP) is 0.0847. The number of amides is 1. The van der Waals surface area contributed by atoms with Crippen LogP contribution >= 0.6 is 0 Å². The van der Waals surface area contributed by atoms with E-state index < -0.39 is 18.4 Å². The van der Waals surface area contributed by atoms with Crippen LogP contribution in [0.1, 0.15) is 0 Å². The summed E-state index contributed by atoms with van der Waals surface area (Å²) in [7, 11) is 0. The van der Waals surface area contributed by atoms with Gasteiger partial charge in [-0.2, -0.15) is 0 Å². The highest BCUT2D eigenvalue weighted by atomic mass is 16.5. The lowest BCUT2D eigenvalue weighted by molar-refractivity contribution is -0.304. The molecule has 1 amide bonds. The number of carbonyl (C=O) groups is 2. The first-order valence-electron chi connectivity index (χ1n) is 5.73. The van der Waals surface area contributed by atoms with Gasteiger partial charge in [-0.3, -0.25) is 4.79 Å². The van der Waals surface area contributed by atoms with E-state index in [2.05, 4.69) is 5.32 Å². The van der Waals surface area contributed by atoms with E-state index in [0.29, 0.717) is 5.75 Å². The third-order valence-corrected chi connectivity index (χ3v) is 2.52. The van der Waals surface area contributed by atoms with Crippen molar-refractivity contribution in [1.29, 1.82) is 0 Å². The van der Waals surface area contributed by atoms with Gasteiger partial charge in [0, 0.05) is 0 Å². The van der Waals surface area contributed by atoms with Crippen molar-refractivity contribution in [3.05, 3.63) is 42.5 Å². The molecular formula is C14H12NO4-. The smallest absolute Gasteiger partial charge is 0.258 e. The summed E-state index contributed by atoms with van der Waals surface area (Å²) in [5.41, 5.74) is 0. The van der Waals surface area contributed by atoms with E-state index >= 15 is 0 Å². The van der Waals surface area contributed by atoms with Crippen LogP contribution in [0.5, 0.6) is 5.75 Å². The molecule has 0 heterocycles. The Kier molecular flexibility index (Phi) is 3.97. The normalized spacial score (nSPS) is 10.1. The minimum Gasteiger partial charge on any atom is -0.548 e. The van der Waals surface area contributed by atoms with E-state index in [1.54, 1.807) is 6.07 Å². The zero-order chi connectivity index (χ0) is 13.7. The summed E-state index contributed by atoms with van der Waals surface area (Å²) in [6, 6.07) is 13.2. The zero-order valence-corrected chi connectivity index (χ0v) is 10.1. The fourth-order valence-corrected chi connectivity index (χ4v) is 1.63. The highest BCUT2D eigenvalue weighted by Crippen LogP contribution is 2.20. The van der Waals surface area contributed by atoms with Crippen molar-refractivity contribution in [1.82, 2.24) is 5.32 Å². The minimum absolute atomic E-state index is 0.231. The van der Waals surface area contributed by atoms with Crippen LogP contribution in [0.2, 0.25) is 0 Å². The fraction of sp³-hybridized carbons (Fsp3) is 0.143. The van der Waals surface area contributed by atoms with Crippen molar-refractivity contribution in [3.63, 3.8) is 0 Å². The molecule has 2 rings (SSSR count). The van der Waals surface area contributed by atoms with Crippen LogP contribution in [0.4, 0.5) is 0 Å². The number of ether oxygens (including phenoxy) is 1. The fourth-order valence-electron chi connectivity index (χ4n) is 1.63. The molecule has 2 aromatic rings. The lowest BCUT2D eigenvalue weighted by atomic mass is 10.1. The third kappa shape index (κ3) is 3.70. The second-order valence-electron chi connectivity index (χ2n) is 3.95. The molecule has 0 fully saturated rings. The number of fused-ring (bicyclic) bond motifs is 1. The molecule has 0 spiro atoms. The predicted molar refractivity (Wildman–Crippen MR) is 67.5 cm³/mol. The van der Waals surface area contributed by atoms with Crippen LogP contribution in [0, 0.1) is 0 Å². The molecular weight excluding hydrogens is 246 g/mol. The van der Waals surface area contributed by atoms with E-state index in [1.165, 1.54) is 0 Å². The van der Waals surface area contributed by atoms with Gasteiger partial charge in [0.05, 0.1) is 12.5 Å². The largest absolute Gasteiger partial charge is 0.548 e. The molecule has 19 heavy (non-hydrogen) atoms. The monoisotopic (exact) mass is 258 g/mol. The second kappa shape index (κ2) is 5.86. The van der Waals surface area contributed by atoms with Gasteiger partial charge in [0.15, 0.2) is 6.61 Å². The Morgan fingerprint density at radius 3 is 2.58 bits per heavy atom. The van der Waals surface area contributed by atoms with Crippen LogP contribution < -0.4 is 15.2 Å². The summed E-state index contributed by atoms with van der Waals surface area (Å²) in [6.07, 6.45) is 0. The Bertz CT molecular complexity index is 609. The van der Waals surface area contributed by atoms with Crippen LogP contribution in [-0.2, 0) is 9.59 Å². The molecule has 0 aliphatic heterocycles. The SMILES string of the molecule is O=C([O-])CNC(=O)COc1ccc2ccccc2c1. The molecule has 0 saturated heterocycles. The van der Waals surface area contributed by atoms with Crippen molar-refractivity contribution in [2.45, 2.75) is 0 Å². The Balaban J connectivity index is 1.94. The zero-order valence-electron chi connectivity index (χ0n) is 10.1. The number of carbonyl (C=O) groups excluding carboxylic acids is 2. The molecule has 0 saturated carbocycles. The Labute approximate surface area is 109 Å². The number of aliphatic carboxylic acids is 1. The van der Waals surface area contributed by atoms with Gasteiger partial charge in [0.2, 0.25) is 0 Å². The van der Waals surface area contributed by atoms with Gasteiger partial charge >= 0.3 is 0 Å². The quantitative estimate of drug-likeness (QED) is 0.824. The van der Waals surface area contributed by atoms with Gasteiger partial charge in [0.25, 0.3) is 5.91 Å². The molecule has 5 nitrogen and oxygen atoms in total. The van der Waals surface area contributed by atoms with Gasteiger partial charge in [0.1, 0.15) is 5.75 Å². The minimum atomic E-state index is -1.33. The maximum atomic E-state index is 11.3. The number of hydrogen-bond acceptors (Lipinski definition) is 4. The van der Waals surface area contributed by atoms with Gasteiger partial charge < -0.3 is 20.0 Å². The lowest BCUT2D eigenvalue weighted by Gasteiger charge is -2.08. The van der Waals surface area contributed by atoms with E-state index in [1.807, 2.05) is 36.4 Å². The molecule has 0 unspecified atom stereocenters. The summed E-state index contributed by atoms with van der Waals surface area (Å²) in [6.45, 7) is -0.745. The van der Waals surface area contributed by atoms with Gasteiger partial charge in [-0.25, -0.2) is 0 Å². The topological polar surface area (TPSA) is 78.5 Å². The van der Waals surface area contributed by atoms with E-state index in [4.69, 9.17) is 4.74 Å². The molecule has 2 aromatic carbocycles. The number of rotatable bonds is 5. The Morgan fingerprint density at radius 1 is 1.11 bits per heavy atom. The van der Waals surface area contributed by atoms with Crippen LogP contribution in [0.15, 0.2) is 42.5 Å². The lowest BCUT2D eigenvalue weighted by Crippen LogP contribution is -2.39. The van der Waals surface area contributed by atoms with Gasteiger partial charge in [-0.15, -0.1) is 0 Å². The van der Waals surface area contributed by atoms with Crippen LogP contribution in [0.25, 0.3) is 10.8 Å². The molecule has 98 valence electrons. The average Bonchev–Trinajstić information content (AvgIpc) is 2.42. The average molecular weight is 258 g/mol. The number of carboxylic acid groups (broad SMARTS) is 1. The standard InChI is InChI=1S/C14H13NO4/c16-13(15-8-14(17)18)9-19-12-6-5-10-3-1-2-4-11(10)7-12/h1-7H,8-9H2,(H,15,16)(H,17,18)/p-1. The van der Waals surface area contributed by atoms with Crippen LogP contribution in [-0.4, -0.2) is 25.0 Å². The van der Waals surface area contributed by atoms with Crippen molar-refractivity contribution in [2.75, 3.05) is 13.2 Å². The summed E-state index contributed by atoms with van der Waals surface area (Å²) in [5, 5.41) is 14.4. The van der Waals surface area contributed by atoms with Crippen molar-refractivity contribution in [3.8, 4) is 5.75 Å². The van der Waals surface area contributed by atoms with E-state index in [0.717, 1.165) is 10.8 Å². The van der Waals surface area contributed by atoms with Gasteiger partial charge in [-0.1, -0.05) is 30.3 Å². The van der Waals surface area contributed by atoms with E-state index in [-0.39, 0.29) is 6.61 Å². The first-order valence-corrected chi connectivity index (χ1v) is 5.73. The van der Waals surface area contributed by atoms with Crippen molar-refractivity contribution < 1.29 is 19.4 Å². The molecule has 0 bridgehead atoms. The van der Waals surface area contributed by atoms with Crippen molar-refractivity contribution in [2.24, 2.45) is 0 Å². The molecule has 0 atom stereocenters. The molecule has 0 aliphatic carbocycles. The summed E-state index contributed by atoms with van der Waals surface area (Å²) < 4.78 is 5.28. The highest BCUT2D eigenvalue weighted by molar-refractivity contribution is 5.84. The summed E-state index contributed by atoms with van der Waals surface area (Å²) in [5.74, 6) is -1.28. The second-order valence-corrected chi connectivity index (χ2v) is 3.95. The number of hydrogen-bond donors (Lipinski definition) is 1. The van der Waals surface area contributed by atoms with E-state index in [9.17, 15) is 14.7 Å². The maximum Gasteiger partial charge on any atom is 0.258 e. The van der Waals surface area contributed by atoms with Gasteiger partial charge in [-0.05, 0) is 22.9 Å². The maximum absolute atomic E-state index is 11.3. The number of nitrogens with one attached hydrogen (secondary N) is 1. The Morgan fingerprint density at radius 2 is 1.84 bits per heavy atom. The van der Waals surface area contributed by atoms with Crippen molar-refractivity contribution >= 4 is 22.6 Å². The molecule has 5 heteroatoms. The summed E-state index contributed by atoms with van der Waals surface area (Å²) >= 11 is 0. The Hall–Kier alpha value is -2.56. The molecule has 0 radical (unpaired) electrons.